The number of hydrogen-bond donors (Lipinski definition) is 0. The Morgan fingerprint density at radius 2 is 2.47 bits per heavy atom. The molecule has 90 valence electrons. The van der Waals surface area contributed by atoms with Gasteiger partial charge in [0, 0.05) is 6.20 Å². The van der Waals surface area contributed by atoms with Crippen molar-refractivity contribution in [1.82, 2.24) is 4.98 Å². The molecule has 1 amide bonds. The van der Waals surface area contributed by atoms with Crippen LogP contribution in [0.25, 0.3) is 0 Å². The Kier molecular flexibility index (Phi) is 3.22. The normalized spacial score (nSPS) is 13.9. The van der Waals surface area contributed by atoms with Crippen molar-refractivity contribution in [3.63, 3.8) is 0 Å². The first-order valence-electron chi connectivity index (χ1n) is 5.26. The maximum atomic E-state index is 11.6. The first-order valence-corrected chi connectivity index (χ1v) is 5.26. The lowest BCUT2D eigenvalue weighted by Gasteiger charge is -2.26. The summed E-state index contributed by atoms with van der Waals surface area (Å²) in [5, 5.41) is 0. The molecule has 0 unspecified atom stereocenters. The lowest BCUT2D eigenvalue weighted by atomic mass is 10.3. The molecule has 0 atom stereocenters. The highest BCUT2D eigenvalue weighted by molar-refractivity contribution is 6.00. The van der Waals surface area contributed by atoms with Crippen LogP contribution < -0.4 is 9.64 Å². The van der Waals surface area contributed by atoms with Gasteiger partial charge in [-0.1, -0.05) is 0 Å². The second-order valence-corrected chi connectivity index (χ2v) is 3.40. The van der Waals surface area contributed by atoms with Crippen LogP contribution in [0.3, 0.4) is 0 Å². The first-order chi connectivity index (χ1) is 8.22. The van der Waals surface area contributed by atoms with Gasteiger partial charge in [-0.2, -0.15) is 0 Å². The lowest BCUT2D eigenvalue weighted by Crippen LogP contribution is -2.43. The minimum atomic E-state index is -0.459. The molecule has 0 radical (unpaired) electrons. The van der Waals surface area contributed by atoms with Crippen LogP contribution in [0.4, 0.5) is 5.82 Å². The lowest BCUT2D eigenvalue weighted by molar-refractivity contribution is -0.142. The van der Waals surface area contributed by atoms with E-state index in [1.807, 2.05) is 0 Å². The molecule has 0 saturated heterocycles. The third-order valence-corrected chi connectivity index (χ3v) is 2.25. The molecule has 6 heteroatoms. The highest BCUT2D eigenvalue weighted by Crippen LogP contribution is 2.28. The molecule has 1 aliphatic heterocycles. The summed E-state index contributed by atoms with van der Waals surface area (Å²) < 4.78 is 10.0. The molecular formula is C11H12N2O4. The van der Waals surface area contributed by atoms with E-state index in [9.17, 15) is 9.59 Å². The van der Waals surface area contributed by atoms with Gasteiger partial charge in [-0.15, -0.1) is 0 Å². The van der Waals surface area contributed by atoms with Crippen LogP contribution in [-0.2, 0) is 14.3 Å². The van der Waals surface area contributed by atoms with Crippen LogP contribution in [0.5, 0.6) is 5.75 Å². The van der Waals surface area contributed by atoms with E-state index in [0.29, 0.717) is 11.6 Å². The Hall–Kier alpha value is -2.11. The summed E-state index contributed by atoms with van der Waals surface area (Å²) in [4.78, 5) is 28.3. The van der Waals surface area contributed by atoms with Crippen molar-refractivity contribution in [1.29, 1.82) is 0 Å². The summed E-state index contributed by atoms with van der Waals surface area (Å²) in [7, 11) is 0. The van der Waals surface area contributed by atoms with Gasteiger partial charge < -0.3 is 9.47 Å². The largest absolute Gasteiger partial charge is 0.480 e. The highest BCUT2D eigenvalue weighted by atomic mass is 16.5. The van der Waals surface area contributed by atoms with E-state index in [4.69, 9.17) is 9.47 Å². The van der Waals surface area contributed by atoms with Gasteiger partial charge in [0.1, 0.15) is 6.54 Å². The maximum absolute atomic E-state index is 11.6. The minimum absolute atomic E-state index is 0.0852. The molecule has 0 spiro atoms. The van der Waals surface area contributed by atoms with Gasteiger partial charge in [0.15, 0.2) is 18.2 Å². The van der Waals surface area contributed by atoms with Gasteiger partial charge in [0.05, 0.1) is 6.61 Å². The molecule has 2 heterocycles. The van der Waals surface area contributed by atoms with Crippen LogP contribution in [0, 0.1) is 0 Å². The fraction of sp³-hybridized carbons (Fsp3) is 0.364. The Labute approximate surface area is 98.1 Å². The number of ether oxygens (including phenoxy) is 2. The molecule has 0 aromatic carbocycles. The molecular weight excluding hydrogens is 224 g/mol. The molecule has 1 aromatic rings. The first kappa shape index (κ1) is 11.4. The summed E-state index contributed by atoms with van der Waals surface area (Å²) in [6, 6.07) is 3.41. The number of pyridine rings is 1. The van der Waals surface area contributed by atoms with Crippen molar-refractivity contribution in [3.8, 4) is 5.75 Å². The van der Waals surface area contributed by atoms with Crippen molar-refractivity contribution in [3.05, 3.63) is 18.3 Å². The summed E-state index contributed by atoms with van der Waals surface area (Å²) in [5.41, 5.74) is 0. The van der Waals surface area contributed by atoms with E-state index < -0.39 is 5.97 Å². The predicted molar refractivity (Wildman–Crippen MR) is 58.7 cm³/mol. The fourth-order valence-electron chi connectivity index (χ4n) is 1.53. The van der Waals surface area contributed by atoms with Gasteiger partial charge in [-0.05, 0) is 19.1 Å². The summed E-state index contributed by atoms with van der Waals surface area (Å²) >= 11 is 0. The number of carbonyl (C=O) groups is 2. The van der Waals surface area contributed by atoms with Crippen LogP contribution in [-0.4, -0.2) is 36.6 Å². The summed E-state index contributed by atoms with van der Waals surface area (Å²) in [6.45, 7) is 1.77. The zero-order valence-electron chi connectivity index (χ0n) is 9.38. The molecule has 1 aliphatic rings. The number of rotatable bonds is 3. The monoisotopic (exact) mass is 236 g/mol. The van der Waals surface area contributed by atoms with Gasteiger partial charge in [0.25, 0.3) is 5.91 Å². The second-order valence-electron chi connectivity index (χ2n) is 3.40. The molecule has 0 aliphatic carbocycles. The van der Waals surface area contributed by atoms with Crippen molar-refractivity contribution < 1.29 is 19.1 Å². The molecule has 0 bridgehead atoms. The van der Waals surface area contributed by atoms with Crippen LogP contribution in [0.2, 0.25) is 0 Å². The molecule has 0 fully saturated rings. The number of esters is 1. The van der Waals surface area contributed by atoms with E-state index >= 15 is 0 Å². The number of nitrogens with zero attached hydrogens (tertiary/aromatic N) is 2. The Morgan fingerprint density at radius 1 is 1.65 bits per heavy atom. The van der Waals surface area contributed by atoms with Crippen LogP contribution in [0.1, 0.15) is 6.92 Å². The number of aromatic nitrogens is 1. The van der Waals surface area contributed by atoms with Crippen molar-refractivity contribution in [2.24, 2.45) is 0 Å². The number of hydrogen-bond acceptors (Lipinski definition) is 5. The van der Waals surface area contributed by atoms with Crippen LogP contribution in [0.15, 0.2) is 18.3 Å². The molecule has 6 nitrogen and oxygen atoms in total. The molecule has 2 rings (SSSR count). The standard InChI is InChI=1S/C11H12N2O4/c1-2-16-10(15)6-13-9(14)7-17-8-4-3-5-12-11(8)13/h3-5H,2,6-7H2,1H3. The molecule has 0 N–H and O–H groups in total. The number of amides is 1. The summed E-state index contributed by atoms with van der Waals surface area (Å²) in [5.74, 6) is 0.0943. The number of anilines is 1. The van der Waals surface area contributed by atoms with E-state index in [1.165, 1.54) is 4.90 Å². The van der Waals surface area contributed by atoms with Gasteiger partial charge in [-0.25, -0.2) is 4.98 Å². The topological polar surface area (TPSA) is 68.7 Å². The number of fused-ring (bicyclic) bond motifs is 1. The number of carbonyl (C=O) groups excluding carboxylic acids is 2. The van der Waals surface area contributed by atoms with E-state index in [1.54, 1.807) is 25.3 Å². The zero-order valence-corrected chi connectivity index (χ0v) is 9.38. The average molecular weight is 236 g/mol. The second kappa shape index (κ2) is 4.82. The maximum Gasteiger partial charge on any atom is 0.326 e. The van der Waals surface area contributed by atoms with E-state index in [2.05, 4.69) is 4.98 Å². The summed E-state index contributed by atoms with van der Waals surface area (Å²) in [6.07, 6.45) is 1.54. The average Bonchev–Trinajstić information content (AvgIpc) is 2.33. The highest BCUT2D eigenvalue weighted by Gasteiger charge is 2.28. The van der Waals surface area contributed by atoms with Crippen molar-refractivity contribution in [2.75, 3.05) is 24.7 Å². The molecule has 0 saturated carbocycles. The molecule has 17 heavy (non-hydrogen) atoms. The smallest absolute Gasteiger partial charge is 0.326 e. The zero-order chi connectivity index (χ0) is 12.3. The Balaban J connectivity index is 2.21. The minimum Gasteiger partial charge on any atom is -0.480 e. The van der Waals surface area contributed by atoms with E-state index in [0.717, 1.165) is 0 Å². The van der Waals surface area contributed by atoms with Crippen molar-refractivity contribution in [2.45, 2.75) is 6.92 Å². The third-order valence-electron chi connectivity index (χ3n) is 2.25. The fourth-order valence-corrected chi connectivity index (χ4v) is 1.53. The quantitative estimate of drug-likeness (QED) is 0.709. The Bertz CT molecular complexity index is 447. The Morgan fingerprint density at radius 3 is 3.24 bits per heavy atom. The van der Waals surface area contributed by atoms with E-state index in [-0.39, 0.29) is 25.7 Å². The van der Waals surface area contributed by atoms with Gasteiger partial charge >= 0.3 is 5.97 Å². The van der Waals surface area contributed by atoms with Gasteiger partial charge in [0.2, 0.25) is 0 Å². The van der Waals surface area contributed by atoms with Crippen molar-refractivity contribution >= 4 is 17.7 Å². The van der Waals surface area contributed by atoms with Crippen LogP contribution >= 0.6 is 0 Å². The predicted octanol–water partition coefficient (Wildman–Crippen LogP) is 0.370. The SMILES string of the molecule is CCOC(=O)CN1C(=O)COc2cccnc21. The van der Waals surface area contributed by atoms with Gasteiger partial charge in [-0.3, -0.25) is 14.5 Å². The molecule has 1 aromatic heterocycles. The third kappa shape index (κ3) is 2.35.